The Kier molecular flexibility index (Phi) is 4.99. The van der Waals surface area contributed by atoms with Gasteiger partial charge in [-0.15, -0.1) is 0 Å². The van der Waals surface area contributed by atoms with Gasteiger partial charge in [0, 0.05) is 11.1 Å². The number of carbonyl (C=O) groups is 3. The van der Waals surface area contributed by atoms with E-state index in [4.69, 9.17) is 16.3 Å². The maximum Gasteiger partial charge on any atom is 0.244 e. The minimum Gasteiger partial charge on any atom is -0.495 e. The predicted molar refractivity (Wildman–Crippen MR) is 93.5 cm³/mol. The lowest BCUT2D eigenvalue weighted by Crippen LogP contribution is -2.38. The number of hydrogen-bond acceptors (Lipinski definition) is 4. The number of ether oxygens (including phenoxy) is 1. The molecule has 1 heterocycles. The molecule has 3 amide bonds. The number of hydrogen-bond donors (Lipinski definition) is 1. The van der Waals surface area contributed by atoms with Crippen molar-refractivity contribution in [3.8, 4) is 5.75 Å². The van der Waals surface area contributed by atoms with Gasteiger partial charge in [-0.25, -0.2) is 0 Å². The number of imide groups is 1. The van der Waals surface area contributed by atoms with E-state index in [0.717, 1.165) is 36.1 Å². The standard InChI is InChI=1S/C18H21ClN2O4/c1-10-7-14(15(25-2)8-13(10)19)20-16(22)9-21-17(23)11-5-3-4-6-12(11)18(21)24/h7-8,11-12H,3-6,9H2,1-2H3,(H,20,22)/t11-,12-/m1/s1. The van der Waals surface area contributed by atoms with E-state index in [1.165, 1.54) is 7.11 Å². The van der Waals surface area contributed by atoms with Gasteiger partial charge >= 0.3 is 0 Å². The first-order valence-corrected chi connectivity index (χ1v) is 8.79. The Morgan fingerprint density at radius 3 is 2.40 bits per heavy atom. The van der Waals surface area contributed by atoms with E-state index in [9.17, 15) is 14.4 Å². The molecule has 1 aliphatic carbocycles. The summed E-state index contributed by atoms with van der Waals surface area (Å²) < 4.78 is 5.22. The van der Waals surface area contributed by atoms with E-state index in [1.54, 1.807) is 12.1 Å². The average molecular weight is 365 g/mol. The van der Waals surface area contributed by atoms with Crippen molar-refractivity contribution < 1.29 is 19.1 Å². The van der Waals surface area contributed by atoms with Crippen LogP contribution in [0.1, 0.15) is 31.2 Å². The molecule has 1 aromatic rings. The molecule has 7 heteroatoms. The smallest absolute Gasteiger partial charge is 0.244 e. The first kappa shape index (κ1) is 17.7. The van der Waals surface area contributed by atoms with Crippen molar-refractivity contribution in [2.75, 3.05) is 19.0 Å². The zero-order valence-electron chi connectivity index (χ0n) is 14.3. The third-order valence-electron chi connectivity index (χ3n) is 4.99. The van der Waals surface area contributed by atoms with Gasteiger partial charge in [-0.2, -0.15) is 0 Å². The summed E-state index contributed by atoms with van der Waals surface area (Å²) in [6, 6.07) is 3.32. The predicted octanol–water partition coefficient (Wildman–Crippen LogP) is 2.77. The summed E-state index contributed by atoms with van der Waals surface area (Å²) in [6.07, 6.45) is 3.39. The van der Waals surface area contributed by atoms with Crippen LogP contribution in [0.4, 0.5) is 5.69 Å². The molecule has 1 saturated heterocycles. The van der Waals surface area contributed by atoms with Crippen molar-refractivity contribution >= 4 is 35.0 Å². The van der Waals surface area contributed by atoms with Gasteiger partial charge in [-0.05, 0) is 31.4 Å². The SMILES string of the molecule is COc1cc(Cl)c(C)cc1NC(=O)CN1C(=O)[C@@H]2CCCC[C@H]2C1=O. The number of anilines is 1. The molecule has 3 rings (SSSR count). The normalized spacial score (nSPS) is 22.8. The number of nitrogens with zero attached hydrogens (tertiary/aromatic N) is 1. The van der Waals surface area contributed by atoms with Crippen LogP contribution in [0.15, 0.2) is 12.1 Å². The molecule has 1 N–H and O–H groups in total. The second-order valence-electron chi connectivity index (χ2n) is 6.61. The van der Waals surface area contributed by atoms with Crippen LogP contribution in [0, 0.1) is 18.8 Å². The number of benzene rings is 1. The lowest BCUT2D eigenvalue weighted by atomic mass is 9.81. The molecule has 6 nitrogen and oxygen atoms in total. The van der Waals surface area contributed by atoms with Crippen molar-refractivity contribution in [1.82, 2.24) is 4.90 Å². The van der Waals surface area contributed by atoms with Gasteiger partial charge in [0.15, 0.2) is 0 Å². The number of aryl methyl sites for hydroxylation is 1. The number of likely N-dealkylation sites (tertiary alicyclic amines) is 1. The number of methoxy groups -OCH3 is 1. The van der Waals surface area contributed by atoms with Gasteiger partial charge in [0.1, 0.15) is 12.3 Å². The van der Waals surface area contributed by atoms with Crippen molar-refractivity contribution in [1.29, 1.82) is 0 Å². The Hall–Kier alpha value is -2.08. The molecule has 25 heavy (non-hydrogen) atoms. The highest BCUT2D eigenvalue weighted by atomic mass is 35.5. The van der Waals surface area contributed by atoms with Crippen molar-refractivity contribution in [2.24, 2.45) is 11.8 Å². The molecular weight excluding hydrogens is 344 g/mol. The molecule has 1 aliphatic heterocycles. The third kappa shape index (κ3) is 3.35. The van der Waals surface area contributed by atoms with Gasteiger partial charge in [-0.1, -0.05) is 24.4 Å². The summed E-state index contributed by atoms with van der Waals surface area (Å²) in [5.74, 6) is -0.937. The molecule has 2 fully saturated rings. The Morgan fingerprint density at radius 1 is 1.24 bits per heavy atom. The van der Waals surface area contributed by atoms with E-state index in [1.807, 2.05) is 6.92 Å². The van der Waals surface area contributed by atoms with Crippen molar-refractivity contribution in [2.45, 2.75) is 32.6 Å². The first-order chi connectivity index (χ1) is 11.9. The molecule has 2 atom stereocenters. The summed E-state index contributed by atoms with van der Waals surface area (Å²) in [4.78, 5) is 38.4. The van der Waals surface area contributed by atoms with E-state index in [2.05, 4.69) is 5.32 Å². The van der Waals surface area contributed by atoms with E-state index >= 15 is 0 Å². The lowest BCUT2D eigenvalue weighted by Gasteiger charge is -2.19. The van der Waals surface area contributed by atoms with Crippen LogP contribution in [0.2, 0.25) is 5.02 Å². The molecule has 1 saturated carbocycles. The summed E-state index contributed by atoms with van der Waals surface area (Å²) in [5.41, 5.74) is 1.25. The lowest BCUT2D eigenvalue weighted by molar-refractivity contribution is -0.142. The fourth-order valence-electron chi connectivity index (χ4n) is 3.65. The minimum atomic E-state index is -0.430. The van der Waals surface area contributed by atoms with Gasteiger partial charge in [-0.3, -0.25) is 19.3 Å². The third-order valence-corrected chi connectivity index (χ3v) is 5.40. The number of carbonyl (C=O) groups excluding carboxylic acids is 3. The second-order valence-corrected chi connectivity index (χ2v) is 7.02. The summed E-state index contributed by atoms with van der Waals surface area (Å²) in [6.45, 7) is 1.55. The van der Waals surface area contributed by atoms with E-state index in [-0.39, 0.29) is 30.2 Å². The molecule has 0 bridgehead atoms. The Morgan fingerprint density at radius 2 is 1.84 bits per heavy atom. The summed E-state index contributed by atoms with van der Waals surface area (Å²) in [5, 5.41) is 3.24. The van der Waals surface area contributed by atoms with Crippen LogP contribution < -0.4 is 10.1 Å². The quantitative estimate of drug-likeness (QED) is 0.833. The van der Waals surface area contributed by atoms with Gasteiger partial charge in [0.25, 0.3) is 0 Å². The first-order valence-electron chi connectivity index (χ1n) is 8.41. The van der Waals surface area contributed by atoms with Gasteiger partial charge < -0.3 is 10.1 Å². The van der Waals surface area contributed by atoms with Crippen LogP contribution in [0.25, 0.3) is 0 Å². The largest absolute Gasteiger partial charge is 0.495 e. The zero-order valence-corrected chi connectivity index (χ0v) is 15.1. The maximum absolute atomic E-state index is 12.4. The van der Waals surface area contributed by atoms with E-state index < -0.39 is 5.91 Å². The van der Waals surface area contributed by atoms with Crippen molar-refractivity contribution in [3.63, 3.8) is 0 Å². The van der Waals surface area contributed by atoms with Gasteiger partial charge in [0.2, 0.25) is 17.7 Å². The Bertz CT molecular complexity index is 710. The summed E-state index contributed by atoms with van der Waals surface area (Å²) in [7, 11) is 1.48. The Balaban J connectivity index is 1.72. The maximum atomic E-state index is 12.4. The monoisotopic (exact) mass is 364 g/mol. The van der Waals surface area contributed by atoms with Crippen LogP contribution in [0.3, 0.4) is 0 Å². The molecule has 0 aromatic heterocycles. The van der Waals surface area contributed by atoms with Gasteiger partial charge in [0.05, 0.1) is 24.6 Å². The number of amides is 3. The zero-order chi connectivity index (χ0) is 18.1. The van der Waals surface area contributed by atoms with Crippen molar-refractivity contribution in [3.05, 3.63) is 22.7 Å². The molecule has 1 aromatic carbocycles. The summed E-state index contributed by atoms with van der Waals surface area (Å²) >= 11 is 6.06. The minimum absolute atomic E-state index is 0.218. The molecule has 2 aliphatic rings. The number of halogens is 1. The number of fused-ring (bicyclic) bond motifs is 1. The Labute approximate surface area is 151 Å². The molecule has 0 unspecified atom stereocenters. The fourth-order valence-corrected chi connectivity index (χ4v) is 3.80. The molecule has 134 valence electrons. The molecule has 0 radical (unpaired) electrons. The van der Waals surface area contributed by atoms with Crippen LogP contribution >= 0.6 is 11.6 Å². The number of nitrogens with one attached hydrogen (secondary N) is 1. The van der Waals surface area contributed by atoms with Crippen LogP contribution in [-0.4, -0.2) is 36.3 Å². The highest BCUT2D eigenvalue weighted by molar-refractivity contribution is 6.31. The fraction of sp³-hybridized carbons (Fsp3) is 0.500. The number of rotatable bonds is 4. The average Bonchev–Trinajstić information content (AvgIpc) is 2.83. The van der Waals surface area contributed by atoms with E-state index in [0.29, 0.717) is 16.5 Å². The highest BCUT2D eigenvalue weighted by Crippen LogP contribution is 2.38. The molecule has 0 spiro atoms. The van der Waals surface area contributed by atoms with Crippen LogP contribution in [-0.2, 0) is 14.4 Å². The topological polar surface area (TPSA) is 75.7 Å². The highest BCUT2D eigenvalue weighted by Gasteiger charge is 2.48. The van der Waals surface area contributed by atoms with Crippen LogP contribution in [0.5, 0.6) is 5.75 Å². The molecular formula is C18H21ClN2O4. The second kappa shape index (κ2) is 7.04.